The first-order valence-corrected chi connectivity index (χ1v) is 12.2. The second-order valence-electron chi connectivity index (χ2n) is 8.17. The van der Waals surface area contributed by atoms with E-state index < -0.39 is 0 Å². The molecule has 6 heteroatoms. The standard InChI is InChI=1S/C26H28ClN3OS/c1-30(17-18-10-4-2-5-11-18)22-16-23(27)29-24-20(13-6-3-9-15-31)25(32-26(22)24)19-12-7-8-14-21(19)28/h2,4-5,7-8,10-11,16,19,21,31H,3,9,12,14-15,17,28H2,1H3/t19-,21-/m0/s1. The predicted molar refractivity (Wildman–Crippen MR) is 135 cm³/mol. The number of nitrogens with zero attached hydrogens (tertiary/aromatic N) is 2. The molecule has 3 aromatic rings. The lowest BCUT2D eigenvalue weighted by Crippen LogP contribution is -2.29. The first kappa shape index (κ1) is 22.8. The Labute approximate surface area is 198 Å². The molecule has 1 aliphatic carbocycles. The number of nitrogens with two attached hydrogens (primary N) is 1. The van der Waals surface area contributed by atoms with Crippen molar-refractivity contribution in [2.45, 2.75) is 44.2 Å². The molecule has 0 radical (unpaired) electrons. The maximum absolute atomic E-state index is 9.12. The molecule has 0 unspecified atom stereocenters. The molecule has 4 rings (SSSR count). The summed E-state index contributed by atoms with van der Waals surface area (Å²) in [5.74, 6) is 6.80. The molecule has 2 heterocycles. The van der Waals surface area contributed by atoms with Crippen LogP contribution in [-0.4, -0.2) is 29.8 Å². The van der Waals surface area contributed by atoms with Gasteiger partial charge in [0.2, 0.25) is 0 Å². The molecular formula is C26H28ClN3OS. The Morgan fingerprint density at radius 1 is 1.25 bits per heavy atom. The van der Waals surface area contributed by atoms with Gasteiger partial charge in [-0.05, 0) is 24.8 Å². The number of aliphatic hydroxyl groups is 1. The van der Waals surface area contributed by atoms with Crippen molar-refractivity contribution in [3.05, 3.63) is 69.7 Å². The van der Waals surface area contributed by atoms with Crippen LogP contribution in [0.2, 0.25) is 5.15 Å². The summed E-state index contributed by atoms with van der Waals surface area (Å²) < 4.78 is 1.09. The highest BCUT2D eigenvalue weighted by atomic mass is 35.5. The number of hydrogen-bond donors (Lipinski definition) is 2. The van der Waals surface area contributed by atoms with Gasteiger partial charge in [-0.1, -0.05) is 65.9 Å². The third-order valence-corrected chi connectivity index (χ3v) is 7.31. The molecule has 1 aliphatic rings. The first-order chi connectivity index (χ1) is 15.6. The van der Waals surface area contributed by atoms with Crippen LogP contribution in [0.15, 0.2) is 48.6 Å². The third kappa shape index (κ3) is 5.00. The molecule has 1 aromatic carbocycles. The average molecular weight is 466 g/mol. The van der Waals surface area contributed by atoms with E-state index in [1.165, 1.54) is 10.4 Å². The van der Waals surface area contributed by atoms with Crippen LogP contribution in [0.5, 0.6) is 0 Å². The van der Waals surface area contributed by atoms with Crippen molar-refractivity contribution in [3.63, 3.8) is 0 Å². The van der Waals surface area contributed by atoms with Gasteiger partial charge in [-0.3, -0.25) is 0 Å². The van der Waals surface area contributed by atoms with Gasteiger partial charge in [0.05, 0.1) is 16.0 Å². The number of halogens is 1. The molecule has 3 N–H and O–H groups in total. The fraction of sp³-hybridized carbons (Fsp3) is 0.346. The van der Waals surface area contributed by atoms with Crippen LogP contribution >= 0.6 is 22.9 Å². The molecule has 4 nitrogen and oxygen atoms in total. The highest BCUT2D eigenvalue weighted by Gasteiger charge is 2.28. The number of thiophene rings is 1. The summed E-state index contributed by atoms with van der Waals surface area (Å²) in [5.41, 5.74) is 10.6. The Hall–Kier alpha value is -2.36. The molecule has 2 atom stereocenters. The highest BCUT2D eigenvalue weighted by molar-refractivity contribution is 7.20. The van der Waals surface area contributed by atoms with Crippen LogP contribution in [0.4, 0.5) is 5.69 Å². The first-order valence-electron chi connectivity index (χ1n) is 11.0. The van der Waals surface area contributed by atoms with Crippen LogP contribution in [0.1, 0.15) is 47.6 Å². The molecule has 166 valence electrons. The Bertz CT molecular complexity index is 1160. The monoisotopic (exact) mass is 465 g/mol. The minimum atomic E-state index is 0.0621. The van der Waals surface area contributed by atoms with E-state index >= 15 is 0 Å². The molecule has 0 spiro atoms. The van der Waals surface area contributed by atoms with Crippen molar-refractivity contribution in [2.75, 3.05) is 18.6 Å². The van der Waals surface area contributed by atoms with Crippen molar-refractivity contribution in [1.82, 2.24) is 4.98 Å². The molecule has 0 fully saturated rings. The predicted octanol–water partition coefficient (Wildman–Crippen LogP) is 5.47. The number of rotatable bonds is 6. The van der Waals surface area contributed by atoms with Gasteiger partial charge in [-0.2, -0.15) is 0 Å². The summed E-state index contributed by atoms with van der Waals surface area (Å²) in [4.78, 5) is 8.11. The van der Waals surface area contributed by atoms with Crippen LogP contribution in [-0.2, 0) is 6.54 Å². The Balaban J connectivity index is 1.82. The van der Waals surface area contributed by atoms with Gasteiger partial charge in [0.1, 0.15) is 10.7 Å². The molecule has 2 aromatic heterocycles. The van der Waals surface area contributed by atoms with Crippen molar-refractivity contribution in [3.8, 4) is 11.8 Å². The van der Waals surface area contributed by atoms with Gasteiger partial charge in [0, 0.05) is 49.5 Å². The minimum Gasteiger partial charge on any atom is -0.396 e. The minimum absolute atomic E-state index is 0.0621. The fourth-order valence-corrected chi connectivity index (χ4v) is 5.74. The quantitative estimate of drug-likeness (QED) is 0.219. The molecule has 0 amide bonds. The zero-order chi connectivity index (χ0) is 22.5. The van der Waals surface area contributed by atoms with Crippen molar-refractivity contribution in [1.29, 1.82) is 0 Å². The summed E-state index contributed by atoms with van der Waals surface area (Å²) >= 11 is 8.24. The zero-order valence-electron chi connectivity index (χ0n) is 18.2. The topological polar surface area (TPSA) is 62.4 Å². The lowest BCUT2D eigenvalue weighted by atomic mass is 9.87. The highest BCUT2D eigenvalue weighted by Crippen LogP contribution is 2.43. The van der Waals surface area contributed by atoms with E-state index in [0.29, 0.717) is 18.0 Å². The average Bonchev–Trinajstić information content (AvgIpc) is 3.15. The van der Waals surface area contributed by atoms with Gasteiger partial charge in [-0.25, -0.2) is 4.98 Å². The van der Waals surface area contributed by atoms with E-state index in [1.54, 1.807) is 11.3 Å². The van der Waals surface area contributed by atoms with E-state index in [-0.39, 0.29) is 18.6 Å². The van der Waals surface area contributed by atoms with Crippen LogP contribution in [0.25, 0.3) is 10.2 Å². The number of anilines is 1. The van der Waals surface area contributed by atoms with Crippen LogP contribution in [0, 0.1) is 11.8 Å². The summed E-state index contributed by atoms with van der Waals surface area (Å²) in [6, 6.07) is 12.4. The fourth-order valence-electron chi connectivity index (χ4n) is 4.10. The van der Waals surface area contributed by atoms with Gasteiger partial charge >= 0.3 is 0 Å². The SMILES string of the molecule is CN(Cc1ccccc1)c1cc(Cl)nc2c(C#CCCCO)c([C@H]3CC=CC[C@@H]3N)sc12. The third-order valence-electron chi connectivity index (χ3n) is 5.78. The van der Waals surface area contributed by atoms with E-state index in [1.807, 2.05) is 12.1 Å². The lowest BCUT2D eigenvalue weighted by Gasteiger charge is -2.24. The summed E-state index contributed by atoms with van der Waals surface area (Å²) in [6.07, 6.45) is 7.45. The molecule has 32 heavy (non-hydrogen) atoms. The molecular weight excluding hydrogens is 438 g/mol. The Morgan fingerprint density at radius 3 is 2.78 bits per heavy atom. The largest absolute Gasteiger partial charge is 0.396 e. The van der Waals surface area contributed by atoms with E-state index in [0.717, 1.165) is 40.9 Å². The molecule has 0 saturated carbocycles. The van der Waals surface area contributed by atoms with Crippen molar-refractivity contribution in [2.24, 2.45) is 5.73 Å². The summed E-state index contributed by atoms with van der Waals surface area (Å²) in [6.45, 7) is 0.912. The number of hydrogen-bond acceptors (Lipinski definition) is 5. The number of allylic oxidation sites excluding steroid dienone is 1. The number of aromatic nitrogens is 1. The van der Waals surface area contributed by atoms with Crippen molar-refractivity contribution < 1.29 is 5.11 Å². The summed E-state index contributed by atoms with van der Waals surface area (Å²) in [7, 11) is 2.08. The molecule has 0 aliphatic heterocycles. The Morgan fingerprint density at radius 2 is 2.03 bits per heavy atom. The number of benzene rings is 1. The number of pyridine rings is 1. The maximum Gasteiger partial charge on any atom is 0.131 e. The van der Waals surface area contributed by atoms with Crippen LogP contribution in [0.3, 0.4) is 0 Å². The van der Waals surface area contributed by atoms with Crippen molar-refractivity contribution >= 4 is 38.8 Å². The van der Waals surface area contributed by atoms with E-state index in [2.05, 4.69) is 60.2 Å². The number of unbranched alkanes of at least 4 members (excludes halogenated alkanes) is 1. The van der Waals surface area contributed by atoms with E-state index in [9.17, 15) is 0 Å². The van der Waals surface area contributed by atoms with Crippen LogP contribution < -0.4 is 10.6 Å². The van der Waals surface area contributed by atoms with Gasteiger partial charge in [0.25, 0.3) is 0 Å². The van der Waals surface area contributed by atoms with Gasteiger partial charge < -0.3 is 15.7 Å². The normalized spacial score (nSPS) is 17.9. The van der Waals surface area contributed by atoms with Gasteiger partial charge in [-0.15, -0.1) is 11.3 Å². The number of aliphatic hydroxyl groups excluding tert-OH is 1. The van der Waals surface area contributed by atoms with E-state index in [4.69, 9.17) is 27.4 Å². The summed E-state index contributed by atoms with van der Waals surface area (Å²) in [5, 5.41) is 9.58. The zero-order valence-corrected chi connectivity index (χ0v) is 19.8. The smallest absolute Gasteiger partial charge is 0.131 e. The maximum atomic E-state index is 9.12. The van der Waals surface area contributed by atoms with Gasteiger partial charge in [0.15, 0.2) is 0 Å². The molecule has 0 bridgehead atoms. The number of fused-ring (bicyclic) bond motifs is 1. The second kappa shape index (κ2) is 10.5. The lowest BCUT2D eigenvalue weighted by molar-refractivity contribution is 0.290. The second-order valence-corrected chi connectivity index (χ2v) is 9.61. The molecule has 0 saturated heterocycles. The Kier molecular flexibility index (Phi) is 7.49.